The van der Waals surface area contributed by atoms with E-state index < -0.39 is 6.10 Å². The van der Waals surface area contributed by atoms with Gasteiger partial charge in [0, 0.05) is 18.7 Å². The highest BCUT2D eigenvalue weighted by atomic mass is 16.5. The molecule has 0 radical (unpaired) electrons. The molecule has 0 bridgehead atoms. The van der Waals surface area contributed by atoms with Gasteiger partial charge in [-0.1, -0.05) is 6.92 Å². The third-order valence-electron chi connectivity index (χ3n) is 5.44. The predicted octanol–water partition coefficient (Wildman–Crippen LogP) is 3.03. The lowest BCUT2D eigenvalue weighted by molar-refractivity contribution is -0.134. The third kappa shape index (κ3) is 3.77. The molecule has 152 valence electrons. The first-order chi connectivity index (χ1) is 14.1. The SMILES string of the molecule is CC[C@H]1Oc2ccc(C(=O)c3ccco3)cc2N(CC(=O)N2CCCCC2)C1=O. The smallest absolute Gasteiger partial charge is 0.268 e. The molecule has 0 spiro atoms. The Morgan fingerprint density at radius 2 is 1.93 bits per heavy atom. The summed E-state index contributed by atoms with van der Waals surface area (Å²) < 4.78 is 11.0. The van der Waals surface area contributed by atoms with E-state index in [2.05, 4.69) is 0 Å². The predicted molar refractivity (Wildman–Crippen MR) is 106 cm³/mol. The topological polar surface area (TPSA) is 80.1 Å². The van der Waals surface area contributed by atoms with Crippen LogP contribution >= 0.6 is 0 Å². The number of amides is 2. The number of hydrogen-bond donors (Lipinski definition) is 0. The number of benzene rings is 1. The second kappa shape index (κ2) is 8.11. The molecule has 29 heavy (non-hydrogen) atoms. The minimum Gasteiger partial charge on any atom is -0.478 e. The van der Waals surface area contributed by atoms with Crippen LogP contribution in [0.2, 0.25) is 0 Å². The normalized spacial score (nSPS) is 18.9. The maximum Gasteiger partial charge on any atom is 0.268 e. The van der Waals surface area contributed by atoms with E-state index in [0.717, 1.165) is 32.4 Å². The summed E-state index contributed by atoms with van der Waals surface area (Å²) in [4.78, 5) is 41.7. The van der Waals surface area contributed by atoms with Crippen molar-refractivity contribution < 1.29 is 23.5 Å². The molecule has 2 aromatic rings. The van der Waals surface area contributed by atoms with Crippen molar-refractivity contribution in [2.45, 2.75) is 38.7 Å². The Morgan fingerprint density at radius 3 is 2.62 bits per heavy atom. The molecule has 1 atom stereocenters. The first kappa shape index (κ1) is 19.2. The molecule has 2 aliphatic heterocycles. The molecule has 0 saturated carbocycles. The van der Waals surface area contributed by atoms with Crippen LogP contribution in [-0.4, -0.2) is 48.2 Å². The first-order valence-electron chi connectivity index (χ1n) is 10.1. The fourth-order valence-corrected chi connectivity index (χ4v) is 3.82. The van der Waals surface area contributed by atoms with Crippen molar-refractivity contribution in [3.05, 3.63) is 47.9 Å². The van der Waals surface area contributed by atoms with Crippen molar-refractivity contribution >= 4 is 23.3 Å². The fraction of sp³-hybridized carbons (Fsp3) is 0.409. The molecule has 1 fully saturated rings. The van der Waals surface area contributed by atoms with Crippen molar-refractivity contribution in [2.75, 3.05) is 24.5 Å². The summed E-state index contributed by atoms with van der Waals surface area (Å²) in [5.74, 6) is 0.0934. The second-order valence-electron chi connectivity index (χ2n) is 7.37. The summed E-state index contributed by atoms with van der Waals surface area (Å²) >= 11 is 0. The zero-order chi connectivity index (χ0) is 20.4. The average molecular weight is 396 g/mol. The molecule has 0 unspecified atom stereocenters. The van der Waals surface area contributed by atoms with Gasteiger partial charge < -0.3 is 14.1 Å². The van der Waals surface area contributed by atoms with E-state index in [4.69, 9.17) is 9.15 Å². The average Bonchev–Trinajstić information content (AvgIpc) is 3.30. The lowest BCUT2D eigenvalue weighted by Crippen LogP contribution is -2.51. The molecule has 7 heteroatoms. The van der Waals surface area contributed by atoms with E-state index in [1.54, 1.807) is 30.3 Å². The maximum atomic E-state index is 13.0. The Morgan fingerprint density at radius 1 is 1.14 bits per heavy atom. The van der Waals surface area contributed by atoms with Gasteiger partial charge in [0.25, 0.3) is 5.91 Å². The van der Waals surface area contributed by atoms with Crippen molar-refractivity contribution in [3.63, 3.8) is 0 Å². The Balaban J connectivity index is 1.65. The van der Waals surface area contributed by atoms with Gasteiger partial charge in [-0.05, 0) is 56.0 Å². The molecule has 2 aliphatic rings. The van der Waals surface area contributed by atoms with E-state index in [1.165, 1.54) is 11.2 Å². The van der Waals surface area contributed by atoms with E-state index in [9.17, 15) is 14.4 Å². The Hall–Kier alpha value is -3.09. The molecule has 2 amide bonds. The summed E-state index contributed by atoms with van der Waals surface area (Å²) in [5.41, 5.74) is 0.822. The lowest BCUT2D eigenvalue weighted by Gasteiger charge is -2.35. The molecule has 7 nitrogen and oxygen atoms in total. The molecule has 4 rings (SSSR count). The van der Waals surface area contributed by atoms with Gasteiger partial charge in [0.15, 0.2) is 11.9 Å². The highest BCUT2D eigenvalue weighted by Crippen LogP contribution is 2.36. The number of furan rings is 1. The summed E-state index contributed by atoms with van der Waals surface area (Å²) in [5, 5.41) is 0. The van der Waals surface area contributed by atoms with Gasteiger partial charge in [-0.25, -0.2) is 0 Å². The van der Waals surface area contributed by atoms with Gasteiger partial charge in [0.05, 0.1) is 12.0 Å². The minimum absolute atomic E-state index is 0.0515. The number of fused-ring (bicyclic) bond motifs is 1. The highest BCUT2D eigenvalue weighted by Gasteiger charge is 2.36. The largest absolute Gasteiger partial charge is 0.478 e. The Labute approximate surface area is 169 Å². The van der Waals surface area contributed by atoms with Gasteiger partial charge in [0.1, 0.15) is 12.3 Å². The third-order valence-corrected chi connectivity index (χ3v) is 5.44. The van der Waals surface area contributed by atoms with Crippen LogP contribution in [0.25, 0.3) is 0 Å². The van der Waals surface area contributed by atoms with Crippen LogP contribution in [0.1, 0.15) is 48.7 Å². The number of carbonyl (C=O) groups excluding carboxylic acids is 3. The Bertz CT molecular complexity index is 915. The number of ketones is 1. The number of nitrogens with zero attached hydrogens (tertiary/aromatic N) is 2. The molecule has 3 heterocycles. The highest BCUT2D eigenvalue weighted by molar-refractivity contribution is 6.10. The van der Waals surface area contributed by atoms with Crippen molar-refractivity contribution in [3.8, 4) is 5.75 Å². The van der Waals surface area contributed by atoms with Gasteiger partial charge in [0.2, 0.25) is 11.7 Å². The summed E-state index contributed by atoms with van der Waals surface area (Å²) in [6.45, 7) is 3.26. The zero-order valence-electron chi connectivity index (χ0n) is 16.4. The van der Waals surface area contributed by atoms with Crippen LogP contribution in [0.4, 0.5) is 5.69 Å². The second-order valence-corrected chi connectivity index (χ2v) is 7.37. The van der Waals surface area contributed by atoms with Gasteiger partial charge in [-0.3, -0.25) is 19.3 Å². The van der Waals surface area contributed by atoms with Crippen LogP contribution in [0.5, 0.6) is 5.75 Å². The molecule has 0 N–H and O–H groups in total. The summed E-state index contributed by atoms with van der Waals surface area (Å²) in [6, 6.07) is 8.17. The number of ether oxygens (including phenoxy) is 1. The van der Waals surface area contributed by atoms with Gasteiger partial charge in [-0.2, -0.15) is 0 Å². The molecular formula is C22H24N2O5. The van der Waals surface area contributed by atoms with Gasteiger partial charge in [-0.15, -0.1) is 0 Å². The molecular weight excluding hydrogens is 372 g/mol. The number of rotatable bonds is 5. The number of piperidine rings is 1. The number of hydrogen-bond acceptors (Lipinski definition) is 5. The molecule has 1 saturated heterocycles. The van der Waals surface area contributed by atoms with E-state index >= 15 is 0 Å². The monoisotopic (exact) mass is 396 g/mol. The quantitative estimate of drug-likeness (QED) is 0.726. The molecule has 0 aliphatic carbocycles. The van der Waals surface area contributed by atoms with E-state index in [1.807, 2.05) is 11.8 Å². The standard InChI is InChI=1S/C22H24N2O5/c1-2-17-22(27)24(14-20(25)23-10-4-3-5-11-23)16-13-15(8-9-18(16)29-17)21(26)19-7-6-12-28-19/h6-9,12-13,17H,2-5,10-11,14H2,1H3/t17-/m1/s1. The maximum absolute atomic E-state index is 13.0. The van der Waals surface area contributed by atoms with Crippen molar-refractivity contribution in [1.82, 2.24) is 4.90 Å². The number of likely N-dealkylation sites (tertiary alicyclic amines) is 1. The molecule has 1 aromatic heterocycles. The first-order valence-corrected chi connectivity index (χ1v) is 10.1. The van der Waals surface area contributed by atoms with Crippen LogP contribution < -0.4 is 9.64 Å². The minimum atomic E-state index is -0.636. The number of anilines is 1. The fourth-order valence-electron chi connectivity index (χ4n) is 3.82. The van der Waals surface area contributed by atoms with E-state index in [-0.39, 0.29) is 29.9 Å². The van der Waals surface area contributed by atoms with Crippen molar-refractivity contribution in [2.24, 2.45) is 0 Å². The van der Waals surface area contributed by atoms with Crippen LogP contribution in [0.15, 0.2) is 41.0 Å². The van der Waals surface area contributed by atoms with Crippen molar-refractivity contribution in [1.29, 1.82) is 0 Å². The number of carbonyl (C=O) groups is 3. The van der Waals surface area contributed by atoms with Crippen LogP contribution in [-0.2, 0) is 9.59 Å². The summed E-state index contributed by atoms with van der Waals surface area (Å²) in [6.07, 6.45) is 4.40. The molecule has 1 aromatic carbocycles. The van der Waals surface area contributed by atoms with Crippen LogP contribution in [0, 0.1) is 0 Å². The zero-order valence-corrected chi connectivity index (χ0v) is 16.4. The van der Waals surface area contributed by atoms with Crippen LogP contribution in [0.3, 0.4) is 0 Å². The lowest BCUT2D eigenvalue weighted by atomic mass is 10.0. The van der Waals surface area contributed by atoms with E-state index in [0.29, 0.717) is 23.4 Å². The Kier molecular flexibility index (Phi) is 5.38. The van der Waals surface area contributed by atoms with Gasteiger partial charge >= 0.3 is 0 Å². The summed E-state index contributed by atoms with van der Waals surface area (Å²) in [7, 11) is 0.